The summed E-state index contributed by atoms with van der Waals surface area (Å²) in [6.45, 7) is 9.51. The van der Waals surface area contributed by atoms with Crippen molar-refractivity contribution in [2.24, 2.45) is 17.3 Å². The molecule has 2 aliphatic heterocycles. The maximum absolute atomic E-state index is 13.1. The van der Waals surface area contributed by atoms with Gasteiger partial charge in [0.25, 0.3) is 0 Å². The highest BCUT2D eigenvalue weighted by Gasteiger charge is 2.42. The quantitative estimate of drug-likeness (QED) is 0.325. The second-order valence-corrected chi connectivity index (χ2v) is 12.4. The number of aliphatic hydroxyl groups is 1. The highest BCUT2D eigenvalue weighted by molar-refractivity contribution is 8.00. The van der Waals surface area contributed by atoms with Crippen molar-refractivity contribution in [2.75, 3.05) is 6.26 Å². The molecule has 6 atom stereocenters. The van der Waals surface area contributed by atoms with Crippen molar-refractivity contribution in [3.63, 3.8) is 0 Å². The molecule has 0 amide bonds. The Hall–Kier alpha value is -1.22. The van der Waals surface area contributed by atoms with Gasteiger partial charge in [-0.1, -0.05) is 45.9 Å². The van der Waals surface area contributed by atoms with E-state index in [9.17, 15) is 14.7 Å². The van der Waals surface area contributed by atoms with Crippen LogP contribution < -0.4 is 0 Å². The monoisotopic (exact) mass is 509 g/mol. The number of hydrogen-bond donors (Lipinski definition) is 1. The predicted molar refractivity (Wildman–Crippen MR) is 137 cm³/mol. The summed E-state index contributed by atoms with van der Waals surface area (Å²) < 4.78 is 12.8. The molecular formula is C26H39NO5S2. The summed E-state index contributed by atoms with van der Waals surface area (Å²) in [6, 6.07) is 0. The third kappa shape index (κ3) is 7.15. The van der Waals surface area contributed by atoms with E-state index in [0.29, 0.717) is 12.8 Å². The molecular weight excluding hydrogens is 470 g/mol. The number of carbonyl (C=O) groups is 2. The molecule has 6 nitrogen and oxygen atoms in total. The smallest absolute Gasteiger partial charge is 0.306 e. The van der Waals surface area contributed by atoms with E-state index in [2.05, 4.69) is 4.98 Å². The zero-order chi connectivity index (χ0) is 25.0. The number of rotatable bonds is 3. The summed E-state index contributed by atoms with van der Waals surface area (Å²) in [5.74, 6) is -0.751. The molecule has 2 saturated heterocycles. The van der Waals surface area contributed by atoms with Gasteiger partial charge in [0.2, 0.25) is 0 Å². The zero-order valence-electron chi connectivity index (χ0n) is 21.2. The Morgan fingerprint density at radius 1 is 1.26 bits per heavy atom. The van der Waals surface area contributed by atoms with E-state index in [0.717, 1.165) is 34.9 Å². The fraction of sp³-hybridized carbons (Fsp3) is 0.731. The Morgan fingerprint density at radius 3 is 2.68 bits per heavy atom. The molecule has 4 unspecified atom stereocenters. The lowest BCUT2D eigenvalue weighted by molar-refractivity contribution is -0.149. The van der Waals surface area contributed by atoms with Crippen LogP contribution in [-0.2, 0) is 19.1 Å². The first-order valence-corrected chi connectivity index (χ1v) is 14.4. The Labute approximate surface area is 211 Å². The standard InChI is InChI=1S/C26H39NO5S2/c1-15-8-7-9-19-21(31-19)13-20(16(2)12-18-14-34-25(27-18)33-6)32-22(28)10-11-26(4,5)24(30)17(3)23(15)29/h12,14-15,17,19-21,23,29H,7-11,13H2,1-6H3/b16-12+/t15-,17+,19?,20?,21?,23?/m0/s1. The van der Waals surface area contributed by atoms with E-state index in [1.54, 1.807) is 30.0 Å². The van der Waals surface area contributed by atoms with Crippen LogP contribution in [0.4, 0.5) is 0 Å². The third-order valence-corrected chi connectivity index (χ3v) is 9.13. The van der Waals surface area contributed by atoms with Crippen LogP contribution in [0.3, 0.4) is 0 Å². The number of nitrogens with zero attached hydrogens (tertiary/aromatic N) is 1. The van der Waals surface area contributed by atoms with Gasteiger partial charge in [-0.2, -0.15) is 0 Å². The summed E-state index contributed by atoms with van der Waals surface area (Å²) in [7, 11) is 0. The number of ether oxygens (including phenoxy) is 2. The van der Waals surface area contributed by atoms with Crippen molar-refractivity contribution in [1.82, 2.24) is 4.98 Å². The number of epoxide rings is 1. The fourth-order valence-corrected chi connectivity index (χ4v) is 5.99. The molecule has 34 heavy (non-hydrogen) atoms. The topological polar surface area (TPSA) is 89.0 Å². The predicted octanol–water partition coefficient (Wildman–Crippen LogP) is 5.53. The number of aromatic nitrogens is 1. The van der Waals surface area contributed by atoms with Crippen molar-refractivity contribution in [3.05, 3.63) is 16.6 Å². The molecule has 0 bridgehead atoms. The lowest BCUT2D eigenvalue weighted by atomic mass is 9.74. The van der Waals surface area contributed by atoms with Crippen LogP contribution in [0, 0.1) is 17.3 Å². The number of hydrogen-bond acceptors (Lipinski definition) is 8. The van der Waals surface area contributed by atoms with Gasteiger partial charge in [0.05, 0.1) is 24.0 Å². The van der Waals surface area contributed by atoms with Crippen molar-refractivity contribution in [1.29, 1.82) is 0 Å². The molecule has 190 valence electrons. The number of cyclic esters (lactones) is 1. The molecule has 1 aromatic heterocycles. The molecule has 1 N–H and O–H groups in total. The second kappa shape index (κ2) is 11.7. The van der Waals surface area contributed by atoms with Crippen LogP contribution in [0.5, 0.6) is 0 Å². The molecule has 0 aromatic carbocycles. The van der Waals surface area contributed by atoms with E-state index in [4.69, 9.17) is 9.47 Å². The normalized spacial score (nSPS) is 33.8. The van der Waals surface area contributed by atoms with Gasteiger partial charge < -0.3 is 14.6 Å². The van der Waals surface area contributed by atoms with Gasteiger partial charge in [0.1, 0.15) is 16.2 Å². The molecule has 3 heterocycles. The van der Waals surface area contributed by atoms with E-state index < -0.39 is 17.4 Å². The lowest BCUT2D eigenvalue weighted by Gasteiger charge is -2.31. The van der Waals surface area contributed by atoms with Crippen molar-refractivity contribution in [2.45, 2.75) is 102 Å². The maximum atomic E-state index is 13.1. The number of ketones is 1. The molecule has 8 heteroatoms. The van der Waals surface area contributed by atoms with Crippen LogP contribution in [0.15, 0.2) is 15.3 Å². The molecule has 1 aromatic rings. The van der Waals surface area contributed by atoms with Crippen LogP contribution in [0.2, 0.25) is 0 Å². The minimum Gasteiger partial charge on any atom is -0.458 e. The average molecular weight is 510 g/mol. The van der Waals surface area contributed by atoms with Crippen molar-refractivity contribution < 1.29 is 24.2 Å². The van der Waals surface area contributed by atoms with Crippen LogP contribution in [0.1, 0.15) is 78.8 Å². The molecule has 0 aliphatic carbocycles. The number of carbonyl (C=O) groups excluding carboxylic acids is 2. The third-order valence-electron chi connectivity index (χ3n) is 7.24. The highest BCUT2D eigenvalue weighted by atomic mass is 32.2. The largest absolute Gasteiger partial charge is 0.458 e. The van der Waals surface area contributed by atoms with E-state index in [1.165, 1.54) is 0 Å². The maximum Gasteiger partial charge on any atom is 0.306 e. The summed E-state index contributed by atoms with van der Waals surface area (Å²) in [5, 5.41) is 12.8. The van der Waals surface area contributed by atoms with Crippen molar-refractivity contribution in [3.8, 4) is 0 Å². The van der Waals surface area contributed by atoms with Gasteiger partial charge >= 0.3 is 5.97 Å². The molecule has 0 saturated carbocycles. The SMILES string of the molecule is CSc1nc(/C=C(\C)C2CC3OC3CCC[C@H](C)C(O)[C@@H](C)C(=O)C(C)(C)CCC(=O)O2)cs1. The summed E-state index contributed by atoms with van der Waals surface area (Å²) >= 11 is 3.21. The Morgan fingerprint density at radius 2 is 2.00 bits per heavy atom. The van der Waals surface area contributed by atoms with Crippen molar-refractivity contribution >= 4 is 40.9 Å². The number of thioether (sulfide) groups is 1. The van der Waals surface area contributed by atoms with E-state index in [1.807, 2.05) is 45.4 Å². The molecule has 2 aliphatic rings. The van der Waals surface area contributed by atoms with Crippen LogP contribution in [0.25, 0.3) is 6.08 Å². The number of thiazole rings is 1. The minimum absolute atomic E-state index is 0.00177. The van der Waals surface area contributed by atoms with Gasteiger partial charge in [-0.15, -0.1) is 11.3 Å². The van der Waals surface area contributed by atoms with Gasteiger partial charge in [-0.05, 0) is 50.0 Å². The second-order valence-electron chi connectivity index (χ2n) is 10.5. The summed E-state index contributed by atoms with van der Waals surface area (Å²) in [5.41, 5.74) is 1.11. The first-order chi connectivity index (χ1) is 16.0. The van der Waals surface area contributed by atoms with Gasteiger partial charge in [-0.25, -0.2) is 4.98 Å². The first kappa shape index (κ1) is 27.4. The highest BCUT2D eigenvalue weighted by Crippen LogP contribution is 2.36. The number of esters is 1. The van der Waals surface area contributed by atoms with Crippen LogP contribution >= 0.6 is 23.1 Å². The summed E-state index contributed by atoms with van der Waals surface area (Å²) in [6.07, 6.45) is 7.01. The molecule has 2 fully saturated rings. The zero-order valence-corrected chi connectivity index (χ0v) is 22.8. The molecule has 0 radical (unpaired) electrons. The lowest BCUT2D eigenvalue weighted by Crippen LogP contribution is -2.39. The van der Waals surface area contributed by atoms with E-state index in [-0.39, 0.29) is 42.4 Å². The Bertz CT molecular complexity index is 896. The average Bonchev–Trinajstić information content (AvgIpc) is 3.37. The number of fused-ring (bicyclic) bond motifs is 1. The van der Waals surface area contributed by atoms with Gasteiger partial charge in [-0.3, -0.25) is 9.59 Å². The Balaban J connectivity index is 1.77. The fourth-order valence-electron chi connectivity index (χ4n) is 4.76. The number of Topliss-reactive ketones (excluding diaryl/α,β-unsaturated/α-hetero) is 1. The minimum atomic E-state index is -0.712. The number of aliphatic hydroxyl groups excluding tert-OH is 1. The molecule has 0 spiro atoms. The Kier molecular flexibility index (Phi) is 9.40. The van der Waals surface area contributed by atoms with Crippen LogP contribution in [-0.4, -0.2) is 52.5 Å². The van der Waals surface area contributed by atoms with Gasteiger partial charge in [0, 0.05) is 29.6 Å². The summed E-state index contributed by atoms with van der Waals surface area (Å²) in [4.78, 5) is 30.6. The molecule has 3 rings (SSSR count). The van der Waals surface area contributed by atoms with Gasteiger partial charge in [0.15, 0.2) is 0 Å². The van der Waals surface area contributed by atoms with E-state index >= 15 is 0 Å². The first-order valence-electron chi connectivity index (χ1n) is 12.3.